The number of benzene rings is 1. The Morgan fingerprint density at radius 1 is 1.19 bits per heavy atom. The molecule has 2 fully saturated rings. The van der Waals surface area contributed by atoms with E-state index in [4.69, 9.17) is 0 Å². The SMILES string of the molecule is CN=C(NCc1nccn1Cc1ccccc1)N1CCC2(CCCC2)C1. The van der Waals surface area contributed by atoms with Crippen LogP contribution in [0.1, 0.15) is 43.5 Å². The molecule has 26 heavy (non-hydrogen) atoms. The first kappa shape index (κ1) is 17.1. The Hall–Kier alpha value is -2.30. The van der Waals surface area contributed by atoms with Crippen molar-refractivity contribution in [1.29, 1.82) is 0 Å². The van der Waals surface area contributed by atoms with Crippen LogP contribution in [-0.2, 0) is 13.1 Å². The first-order valence-corrected chi connectivity index (χ1v) is 9.78. The van der Waals surface area contributed by atoms with Crippen molar-refractivity contribution in [3.8, 4) is 0 Å². The second-order valence-electron chi connectivity index (χ2n) is 7.74. The summed E-state index contributed by atoms with van der Waals surface area (Å²) < 4.78 is 2.21. The summed E-state index contributed by atoms with van der Waals surface area (Å²) in [5.41, 5.74) is 1.85. The maximum absolute atomic E-state index is 4.54. The third-order valence-corrected chi connectivity index (χ3v) is 6.02. The Morgan fingerprint density at radius 2 is 2.00 bits per heavy atom. The van der Waals surface area contributed by atoms with Gasteiger partial charge < -0.3 is 14.8 Å². The van der Waals surface area contributed by atoms with Crippen LogP contribution in [0.4, 0.5) is 0 Å². The highest BCUT2D eigenvalue weighted by atomic mass is 15.3. The fourth-order valence-corrected chi connectivity index (χ4v) is 4.57. The van der Waals surface area contributed by atoms with Crippen molar-refractivity contribution < 1.29 is 0 Å². The van der Waals surface area contributed by atoms with E-state index in [0.717, 1.165) is 31.4 Å². The van der Waals surface area contributed by atoms with Crippen molar-refractivity contribution in [3.63, 3.8) is 0 Å². The summed E-state index contributed by atoms with van der Waals surface area (Å²) in [6.07, 6.45) is 10.8. The molecule has 0 unspecified atom stereocenters. The van der Waals surface area contributed by atoms with E-state index in [1.165, 1.54) is 37.7 Å². The molecule has 5 heteroatoms. The number of aliphatic imine (C=N–C) groups is 1. The standard InChI is InChI=1S/C21H29N5/c1-22-20(26-13-11-21(17-26)9-5-6-10-21)24-15-19-23-12-14-25(19)16-18-7-3-2-4-8-18/h2-4,7-8,12,14H,5-6,9-11,13,15-17H2,1H3,(H,22,24). The third-order valence-electron chi connectivity index (χ3n) is 6.02. The molecule has 5 nitrogen and oxygen atoms in total. The normalized spacial score (nSPS) is 19.4. The average molecular weight is 351 g/mol. The van der Waals surface area contributed by atoms with Gasteiger partial charge in [0.15, 0.2) is 5.96 Å². The molecule has 1 aromatic heterocycles. The van der Waals surface area contributed by atoms with Crippen molar-refractivity contribution >= 4 is 5.96 Å². The van der Waals surface area contributed by atoms with Gasteiger partial charge in [0.2, 0.25) is 0 Å². The Bertz CT molecular complexity index is 743. The summed E-state index contributed by atoms with van der Waals surface area (Å²) >= 11 is 0. The molecule has 1 spiro atoms. The smallest absolute Gasteiger partial charge is 0.194 e. The van der Waals surface area contributed by atoms with E-state index < -0.39 is 0 Å². The molecule has 4 rings (SSSR count). The highest BCUT2D eigenvalue weighted by Gasteiger charge is 2.41. The van der Waals surface area contributed by atoms with Crippen LogP contribution in [0, 0.1) is 5.41 Å². The summed E-state index contributed by atoms with van der Waals surface area (Å²) in [6.45, 7) is 3.84. The van der Waals surface area contributed by atoms with E-state index in [-0.39, 0.29) is 0 Å². The van der Waals surface area contributed by atoms with Gasteiger partial charge in [-0.1, -0.05) is 43.2 Å². The summed E-state index contributed by atoms with van der Waals surface area (Å²) in [5, 5.41) is 3.54. The molecule has 1 saturated carbocycles. The Balaban J connectivity index is 1.37. The molecule has 0 radical (unpaired) electrons. The summed E-state index contributed by atoms with van der Waals surface area (Å²) in [4.78, 5) is 11.5. The van der Waals surface area contributed by atoms with Gasteiger partial charge in [-0.15, -0.1) is 0 Å². The quantitative estimate of drug-likeness (QED) is 0.679. The van der Waals surface area contributed by atoms with Crippen LogP contribution in [0.5, 0.6) is 0 Å². The molecular formula is C21H29N5. The van der Waals surface area contributed by atoms with Crippen LogP contribution in [0.3, 0.4) is 0 Å². The summed E-state index contributed by atoms with van der Waals surface area (Å²) in [5.74, 6) is 2.06. The van der Waals surface area contributed by atoms with E-state index in [9.17, 15) is 0 Å². The first-order chi connectivity index (χ1) is 12.8. The molecule has 138 valence electrons. The summed E-state index contributed by atoms with van der Waals surface area (Å²) in [7, 11) is 1.89. The lowest BCUT2D eigenvalue weighted by Gasteiger charge is -2.26. The van der Waals surface area contributed by atoms with E-state index in [1.54, 1.807) is 0 Å². The van der Waals surface area contributed by atoms with Crippen LogP contribution < -0.4 is 5.32 Å². The maximum atomic E-state index is 4.54. The largest absolute Gasteiger partial charge is 0.349 e. The molecule has 2 heterocycles. The molecule has 2 aromatic rings. The van der Waals surface area contributed by atoms with Gasteiger partial charge in [-0.25, -0.2) is 4.98 Å². The fraction of sp³-hybridized carbons (Fsp3) is 0.524. The highest BCUT2D eigenvalue weighted by Crippen LogP contribution is 2.45. The lowest BCUT2D eigenvalue weighted by Crippen LogP contribution is -2.41. The lowest BCUT2D eigenvalue weighted by molar-refractivity contribution is 0.309. The minimum atomic E-state index is 0.559. The monoisotopic (exact) mass is 351 g/mol. The van der Waals surface area contributed by atoms with Crippen LogP contribution in [0.2, 0.25) is 0 Å². The molecule has 1 aliphatic heterocycles. The number of likely N-dealkylation sites (tertiary alicyclic amines) is 1. The molecule has 1 aromatic carbocycles. The second-order valence-corrected chi connectivity index (χ2v) is 7.74. The van der Waals surface area contributed by atoms with Crippen molar-refractivity contribution in [2.24, 2.45) is 10.4 Å². The third kappa shape index (κ3) is 3.62. The molecule has 0 bridgehead atoms. The number of nitrogens with one attached hydrogen (secondary N) is 1. The predicted octanol–water partition coefficient (Wildman–Crippen LogP) is 3.27. The highest BCUT2D eigenvalue weighted by molar-refractivity contribution is 5.80. The van der Waals surface area contributed by atoms with Gasteiger partial charge in [-0.3, -0.25) is 4.99 Å². The van der Waals surface area contributed by atoms with Gasteiger partial charge in [-0.05, 0) is 30.2 Å². The van der Waals surface area contributed by atoms with E-state index in [0.29, 0.717) is 12.0 Å². The van der Waals surface area contributed by atoms with Crippen molar-refractivity contribution in [2.45, 2.75) is 45.2 Å². The lowest BCUT2D eigenvalue weighted by atomic mass is 9.86. The number of guanidine groups is 1. The summed E-state index contributed by atoms with van der Waals surface area (Å²) in [6, 6.07) is 10.5. The predicted molar refractivity (Wildman–Crippen MR) is 105 cm³/mol. The molecular weight excluding hydrogens is 322 g/mol. The van der Waals surface area contributed by atoms with Crippen LogP contribution in [0.15, 0.2) is 47.7 Å². The minimum absolute atomic E-state index is 0.559. The number of aromatic nitrogens is 2. The molecule has 1 saturated heterocycles. The van der Waals surface area contributed by atoms with Crippen molar-refractivity contribution in [3.05, 3.63) is 54.1 Å². The fourth-order valence-electron chi connectivity index (χ4n) is 4.57. The molecule has 1 N–H and O–H groups in total. The van der Waals surface area contributed by atoms with E-state index in [1.807, 2.05) is 13.2 Å². The Labute approximate surface area is 156 Å². The average Bonchev–Trinajstić information content (AvgIpc) is 3.40. The minimum Gasteiger partial charge on any atom is -0.349 e. The number of nitrogens with zero attached hydrogens (tertiary/aromatic N) is 4. The zero-order chi connectivity index (χ0) is 17.8. The van der Waals surface area contributed by atoms with Gasteiger partial charge >= 0.3 is 0 Å². The van der Waals surface area contributed by atoms with Crippen LogP contribution in [-0.4, -0.2) is 40.5 Å². The van der Waals surface area contributed by atoms with Gasteiger partial charge in [0.1, 0.15) is 5.82 Å². The van der Waals surface area contributed by atoms with Gasteiger partial charge in [0.05, 0.1) is 6.54 Å². The van der Waals surface area contributed by atoms with Crippen molar-refractivity contribution in [2.75, 3.05) is 20.1 Å². The maximum Gasteiger partial charge on any atom is 0.194 e. The molecule has 0 amide bonds. The molecule has 2 aliphatic rings. The number of imidazole rings is 1. The van der Waals surface area contributed by atoms with Crippen molar-refractivity contribution in [1.82, 2.24) is 19.8 Å². The van der Waals surface area contributed by atoms with E-state index >= 15 is 0 Å². The number of hydrogen-bond acceptors (Lipinski definition) is 2. The Kier molecular flexibility index (Phi) is 4.96. The number of hydrogen-bond donors (Lipinski definition) is 1. The van der Waals surface area contributed by atoms with Crippen LogP contribution in [0.25, 0.3) is 0 Å². The van der Waals surface area contributed by atoms with E-state index in [2.05, 4.69) is 61.3 Å². The number of rotatable bonds is 4. The second kappa shape index (κ2) is 7.52. The van der Waals surface area contributed by atoms with Crippen LogP contribution >= 0.6 is 0 Å². The zero-order valence-corrected chi connectivity index (χ0v) is 15.7. The topological polar surface area (TPSA) is 45.5 Å². The van der Waals surface area contributed by atoms with Gasteiger partial charge in [0, 0.05) is 39.1 Å². The zero-order valence-electron chi connectivity index (χ0n) is 15.7. The first-order valence-electron chi connectivity index (χ1n) is 9.78. The molecule has 0 atom stereocenters. The molecule has 1 aliphatic carbocycles. The van der Waals surface area contributed by atoms with Gasteiger partial charge in [0.25, 0.3) is 0 Å². The van der Waals surface area contributed by atoms with Gasteiger partial charge in [-0.2, -0.15) is 0 Å². The Morgan fingerprint density at radius 3 is 2.77 bits per heavy atom.